The summed E-state index contributed by atoms with van der Waals surface area (Å²) in [5, 5.41) is 9.24. The fraction of sp³-hybridized carbons (Fsp3) is 0.467. The van der Waals surface area contributed by atoms with E-state index in [1.54, 1.807) is 0 Å². The molecule has 7 heteroatoms. The van der Waals surface area contributed by atoms with Gasteiger partial charge in [-0.1, -0.05) is 6.92 Å². The Kier molecular flexibility index (Phi) is 4.06. The highest BCUT2D eigenvalue weighted by Crippen LogP contribution is 2.39. The summed E-state index contributed by atoms with van der Waals surface area (Å²) in [5.41, 5.74) is 2.56. The minimum absolute atomic E-state index is 0.181. The lowest BCUT2D eigenvalue weighted by Gasteiger charge is -2.15. The van der Waals surface area contributed by atoms with E-state index in [1.165, 1.54) is 11.3 Å². The SMILES string of the molecule is CCCn1nc(C)c(NC(=O)c2scc3c2OCCO3)c1C. The maximum absolute atomic E-state index is 12.5. The van der Waals surface area contributed by atoms with Gasteiger partial charge in [0, 0.05) is 11.9 Å². The van der Waals surface area contributed by atoms with Crippen molar-refractivity contribution in [1.82, 2.24) is 9.78 Å². The maximum Gasteiger partial charge on any atom is 0.269 e. The Morgan fingerprint density at radius 2 is 2.18 bits per heavy atom. The van der Waals surface area contributed by atoms with Crippen LogP contribution in [0.15, 0.2) is 5.38 Å². The molecule has 0 saturated carbocycles. The predicted molar refractivity (Wildman–Crippen MR) is 85.3 cm³/mol. The van der Waals surface area contributed by atoms with Crippen molar-refractivity contribution in [2.45, 2.75) is 33.7 Å². The number of rotatable bonds is 4. The van der Waals surface area contributed by atoms with Crippen LogP contribution in [0.2, 0.25) is 0 Å². The number of aryl methyl sites for hydroxylation is 2. The van der Waals surface area contributed by atoms with Gasteiger partial charge < -0.3 is 14.8 Å². The monoisotopic (exact) mass is 321 g/mol. The number of amides is 1. The van der Waals surface area contributed by atoms with Crippen LogP contribution in [0.1, 0.15) is 34.4 Å². The van der Waals surface area contributed by atoms with Crippen LogP contribution in [-0.2, 0) is 6.54 Å². The second-order valence-electron chi connectivity index (χ2n) is 5.18. The van der Waals surface area contributed by atoms with Crippen LogP contribution < -0.4 is 14.8 Å². The van der Waals surface area contributed by atoms with Crippen molar-refractivity contribution in [3.63, 3.8) is 0 Å². The Balaban J connectivity index is 1.84. The lowest BCUT2D eigenvalue weighted by molar-refractivity contribution is 0.102. The van der Waals surface area contributed by atoms with Gasteiger partial charge in [0.1, 0.15) is 18.1 Å². The van der Waals surface area contributed by atoms with Crippen LogP contribution >= 0.6 is 11.3 Å². The summed E-state index contributed by atoms with van der Waals surface area (Å²) in [6.45, 7) is 7.80. The summed E-state index contributed by atoms with van der Waals surface area (Å²) in [4.78, 5) is 13.1. The third-order valence-corrected chi connectivity index (χ3v) is 4.50. The molecule has 1 amide bonds. The number of nitrogens with one attached hydrogen (secondary N) is 1. The molecule has 0 bridgehead atoms. The van der Waals surface area contributed by atoms with E-state index in [0.717, 1.165) is 30.0 Å². The van der Waals surface area contributed by atoms with E-state index < -0.39 is 0 Å². The Morgan fingerprint density at radius 3 is 2.95 bits per heavy atom. The fourth-order valence-electron chi connectivity index (χ4n) is 2.50. The van der Waals surface area contributed by atoms with Gasteiger partial charge in [0.2, 0.25) is 0 Å². The van der Waals surface area contributed by atoms with Crippen LogP contribution in [0.5, 0.6) is 11.5 Å². The number of aromatic nitrogens is 2. The number of fused-ring (bicyclic) bond motifs is 1. The zero-order valence-corrected chi connectivity index (χ0v) is 13.7. The maximum atomic E-state index is 12.5. The first-order chi connectivity index (χ1) is 10.6. The summed E-state index contributed by atoms with van der Waals surface area (Å²) in [6.07, 6.45) is 0.999. The van der Waals surface area contributed by atoms with Crippen LogP contribution in [0, 0.1) is 13.8 Å². The second-order valence-corrected chi connectivity index (χ2v) is 6.06. The summed E-state index contributed by atoms with van der Waals surface area (Å²) < 4.78 is 13.0. The molecule has 118 valence electrons. The smallest absolute Gasteiger partial charge is 0.269 e. The third kappa shape index (κ3) is 2.56. The van der Waals surface area contributed by atoms with E-state index >= 15 is 0 Å². The highest BCUT2D eigenvalue weighted by atomic mass is 32.1. The molecule has 0 aliphatic carbocycles. The molecular formula is C15H19N3O3S. The zero-order chi connectivity index (χ0) is 15.7. The zero-order valence-electron chi connectivity index (χ0n) is 12.9. The molecule has 6 nitrogen and oxygen atoms in total. The van der Waals surface area contributed by atoms with Gasteiger partial charge in [-0.25, -0.2) is 0 Å². The molecule has 0 radical (unpaired) electrons. The number of anilines is 1. The van der Waals surface area contributed by atoms with Gasteiger partial charge in [-0.05, 0) is 20.3 Å². The number of hydrogen-bond donors (Lipinski definition) is 1. The Morgan fingerprint density at radius 1 is 1.41 bits per heavy atom. The summed E-state index contributed by atoms with van der Waals surface area (Å²) in [7, 11) is 0. The lowest BCUT2D eigenvalue weighted by Crippen LogP contribution is -2.18. The van der Waals surface area contributed by atoms with Gasteiger partial charge in [-0.15, -0.1) is 11.3 Å². The highest BCUT2D eigenvalue weighted by molar-refractivity contribution is 7.13. The van der Waals surface area contributed by atoms with Gasteiger partial charge in [-0.3, -0.25) is 9.48 Å². The quantitative estimate of drug-likeness (QED) is 0.940. The third-order valence-electron chi connectivity index (χ3n) is 3.56. The lowest BCUT2D eigenvalue weighted by atomic mass is 10.3. The normalized spacial score (nSPS) is 13.2. The topological polar surface area (TPSA) is 65.4 Å². The number of ether oxygens (including phenoxy) is 2. The van der Waals surface area contributed by atoms with Crippen molar-refractivity contribution in [1.29, 1.82) is 0 Å². The molecule has 1 N–H and O–H groups in total. The molecule has 2 aromatic heterocycles. The first-order valence-corrected chi connectivity index (χ1v) is 8.22. The average Bonchev–Trinajstić information content (AvgIpc) is 3.05. The molecule has 3 rings (SSSR count). The molecule has 0 saturated heterocycles. The summed E-state index contributed by atoms with van der Waals surface area (Å²) >= 11 is 1.33. The van der Waals surface area contributed by atoms with E-state index in [-0.39, 0.29) is 5.91 Å². The van der Waals surface area contributed by atoms with Crippen molar-refractivity contribution in [3.8, 4) is 11.5 Å². The highest BCUT2D eigenvalue weighted by Gasteiger charge is 2.25. The summed E-state index contributed by atoms with van der Waals surface area (Å²) in [5.74, 6) is 1.01. The van der Waals surface area contributed by atoms with Gasteiger partial charge >= 0.3 is 0 Å². The van der Waals surface area contributed by atoms with Crippen molar-refractivity contribution >= 4 is 22.9 Å². The molecule has 1 aliphatic rings. The van der Waals surface area contributed by atoms with E-state index in [2.05, 4.69) is 17.3 Å². The molecule has 0 aromatic carbocycles. The van der Waals surface area contributed by atoms with Gasteiger partial charge in [0.15, 0.2) is 11.5 Å². The van der Waals surface area contributed by atoms with Gasteiger partial charge in [0.05, 0.1) is 17.1 Å². The van der Waals surface area contributed by atoms with E-state index in [9.17, 15) is 4.79 Å². The Hall–Kier alpha value is -2.02. The number of nitrogens with zero attached hydrogens (tertiary/aromatic N) is 2. The minimum atomic E-state index is -0.181. The number of carbonyl (C=O) groups excluding carboxylic acids is 1. The Bertz CT molecular complexity index is 705. The van der Waals surface area contributed by atoms with Gasteiger partial charge in [-0.2, -0.15) is 5.10 Å². The fourth-order valence-corrected chi connectivity index (χ4v) is 3.32. The van der Waals surface area contributed by atoms with E-state index in [4.69, 9.17) is 9.47 Å². The van der Waals surface area contributed by atoms with E-state index in [0.29, 0.717) is 29.6 Å². The van der Waals surface area contributed by atoms with Crippen molar-refractivity contribution in [2.24, 2.45) is 0 Å². The number of thiophene rings is 1. The molecule has 0 fully saturated rings. The molecular weight excluding hydrogens is 302 g/mol. The van der Waals surface area contributed by atoms with Crippen LogP contribution in [0.3, 0.4) is 0 Å². The first-order valence-electron chi connectivity index (χ1n) is 7.34. The average molecular weight is 321 g/mol. The van der Waals surface area contributed by atoms with Crippen molar-refractivity contribution in [2.75, 3.05) is 18.5 Å². The van der Waals surface area contributed by atoms with Crippen molar-refractivity contribution < 1.29 is 14.3 Å². The standard InChI is InChI=1S/C15H19N3O3S/c1-4-5-18-10(3)12(9(2)17-18)16-15(19)14-13-11(8-22-14)20-6-7-21-13/h8H,4-7H2,1-3H3,(H,16,19). The predicted octanol–water partition coefficient (Wildman–Crippen LogP) is 2.99. The van der Waals surface area contributed by atoms with E-state index in [1.807, 2.05) is 23.9 Å². The number of carbonyl (C=O) groups is 1. The summed E-state index contributed by atoms with van der Waals surface area (Å²) in [6, 6.07) is 0. The minimum Gasteiger partial charge on any atom is -0.485 e. The molecule has 1 aliphatic heterocycles. The molecule has 2 aromatic rings. The molecule has 0 atom stereocenters. The molecule has 3 heterocycles. The van der Waals surface area contributed by atoms with Gasteiger partial charge in [0.25, 0.3) is 5.91 Å². The van der Waals surface area contributed by atoms with Crippen molar-refractivity contribution in [3.05, 3.63) is 21.6 Å². The molecule has 22 heavy (non-hydrogen) atoms. The first kappa shape index (κ1) is 14.9. The van der Waals surface area contributed by atoms with Crippen LogP contribution in [-0.4, -0.2) is 28.9 Å². The van der Waals surface area contributed by atoms with Crippen LogP contribution in [0.25, 0.3) is 0 Å². The Labute approximate surface area is 133 Å². The van der Waals surface area contributed by atoms with Crippen LogP contribution in [0.4, 0.5) is 5.69 Å². The second kappa shape index (κ2) is 6.00. The number of hydrogen-bond acceptors (Lipinski definition) is 5. The molecule has 0 spiro atoms. The molecule has 0 unspecified atom stereocenters. The largest absolute Gasteiger partial charge is 0.485 e.